The van der Waals surface area contributed by atoms with Gasteiger partial charge in [-0.15, -0.1) is 0 Å². The second kappa shape index (κ2) is 7.74. The van der Waals surface area contributed by atoms with Crippen LogP contribution in [-0.2, 0) is 6.54 Å². The summed E-state index contributed by atoms with van der Waals surface area (Å²) >= 11 is 0. The average Bonchev–Trinajstić information content (AvgIpc) is 3.04. The van der Waals surface area contributed by atoms with Crippen LogP contribution in [0, 0.1) is 6.92 Å². The molecule has 0 aliphatic carbocycles. The number of benzene rings is 2. The monoisotopic (exact) mass is 366 g/mol. The van der Waals surface area contributed by atoms with Crippen molar-refractivity contribution < 1.29 is 14.3 Å². The SMILES string of the molecule is CC.COc1cc2c(-c3ccc(C)cc3)c3n(c2cc1OC)CCNC3=O. The molecule has 1 aromatic heterocycles. The second-order valence-electron chi connectivity index (χ2n) is 6.22. The highest BCUT2D eigenvalue weighted by Crippen LogP contribution is 2.41. The van der Waals surface area contributed by atoms with Crippen LogP contribution in [0.25, 0.3) is 22.0 Å². The van der Waals surface area contributed by atoms with Gasteiger partial charge in [-0.25, -0.2) is 0 Å². The summed E-state index contributed by atoms with van der Waals surface area (Å²) in [4.78, 5) is 12.6. The predicted molar refractivity (Wildman–Crippen MR) is 109 cm³/mol. The van der Waals surface area contributed by atoms with Crippen molar-refractivity contribution in [1.29, 1.82) is 0 Å². The molecule has 1 aliphatic rings. The van der Waals surface area contributed by atoms with Crippen molar-refractivity contribution in [2.45, 2.75) is 27.3 Å². The first-order chi connectivity index (χ1) is 13.1. The van der Waals surface area contributed by atoms with Crippen LogP contribution in [-0.4, -0.2) is 31.2 Å². The van der Waals surface area contributed by atoms with Gasteiger partial charge in [0.05, 0.1) is 19.7 Å². The lowest BCUT2D eigenvalue weighted by molar-refractivity contribution is 0.0930. The molecule has 0 bridgehead atoms. The first-order valence-corrected chi connectivity index (χ1v) is 9.27. The Balaban J connectivity index is 0.00000102. The van der Waals surface area contributed by atoms with Crippen molar-refractivity contribution in [3.63, 3.8) is 0 Å². The van der Waals surface area contributed by atoms with Crippen LogP contribution >= 0.6 is 0 Å². The van der Waals surface area contributed by atoms with Gasteiger partial charge >= 0.3 is 0 Å². The summed E-state index contributed by atoms with van der Waals surface area (Å²) in [7, 11) is 3.25. The highest BCUT2D eigenvalue weighted by Gasteiger charge is 2.27. The second-order valence-corrected chi connectivity index (χ2v) is 6.22. The van der Waals surface area contributed by atoms with Gasteiger partial charge in [0.15, 0.2) is 11.5 Å². The number of rotatable bonds is 3. The summed E-state index contributed by atoms with van der Waals surface area (Å²) in [5, 5.41) is 3.95. The van der Waals surface area contributed by atoms with Gasteiger partial charge < -0.3 is 19.4 Å². The summed E-state index contributed by atoms with van der Waals surface area (Å²) in [6, 6.07) is 12.2. The zero-order chi connectivity index (χ0) is 19.6. The average molecular weight is 366 g/mol. The molecular weight excluding hydrogens is 340 g/mol. The summed E-state index contributed by atoms with van der Waals surface area (Å²) < 4.78 is 13.0. The Labute approximate surface area is 159 Å². The number of aromatic nitrogens is 1. The lowest BCUT2D eigenvalue weighted by Gasteiger charge is -2.18. The van der Waals surface area contributed by atoms with E-state index >= 15 is 0 Å². The Kier molecular flexibility index (Phi) is 5.40. The zero-order valence-electron chi connectivity index (χ0n) is 16.6. The van der Waals surface area contributed by atoms with E-state index in [9.17, 15) is 4.79 Å². The normalized spacial score (nSPS) is 12.7. The van der Waals surface area contributed by atoms with Crippen LogP contribution in [0.3, 0.4) is 0 Å². The number of nitrogens with one attached hydrogen (secondary N) is 1. The maximum absolute atomic E-state index is 12.6. The third kappa shape index (κ3) is 3.14. The van der Waals surface area contributed by atoms with E-state index in [1.54, 1.807) is 14.2 Å². The minimum atomic E-state index is -0.0454. The van der Waals surface area contributed by atoms with Crippen molar-refractivity contribution in [2.24, 2.45) is 0 Å². The van der Waals surface area contributed by atoms with Gasteiger partial charge in [0.2, 0.25) is 0 Å². The number of nitrogens with zero attached hydrogens (tertiary/aromatic N) is 1. The molecule has 2 aromatic carbocycles. The molecule has 2 heterocycles. The highest BCUT2D eigenvalue weighted by molar-refractivity contribution is 6.11. The number of methoxy groups -OCH3 is 2. The molecule has 1 aliphatic heterocycles. The van der Waals surface area contributed by atoms with Crippen molar-refractivity contribution in [2.75, 3.05) is 20.8 Å². The molecule has 0 spiro atoms. The molecule has 4 rings (SSSR count). The molecule has 27 heavy (non-hydrogen) atoms. The largest absolute Gasteiger partial charge is 0.493 e. The van der Waals surface area contributed by atoms with Crippen molar-refractivity contribution in [3.05, 3.63) is 47.7 Å². The number of hydrogen-bond donors (Lipinski definition) is 1. The number of fused-ring (bicyclic) bond motifs is 3. The lowest BCUT2D eigenvalue weighted by Crippen LogP contribution is -2.35. The summed E-state index contributed by atoms with van der Waals surface area (Å²) in [5.74, 6) is 1.28. The molecule has 0 unspecified atom stereocenters. The first kappa shape index (κ1) is 18.8. The van der Waals surface area contributed by atoms with E-state index in [-0.39, 0.29) is 5.91 Å². The van der Waals surface area contributed by atoms with Gasteiger partial charge in [-0.1, -0.05) is 43.7 Å². The number of amides is 1. The third-order valence-electron chi connectivity index (χ3n) is 4.75. The molecule has 5 nitrogen and oxygen atoms in total. The van der Waals surface area contributed by atoms with Crippen molar-refractivity contribution in [1.82, 2.24) is 9.88 Å². The molecule has 142 valence electrons. The van der Waals surface area contributed by atoms with Gasteiger partial charge in [-0.05, 0) is 18.6 Å². The first-order valence-electron chi connectivity index (χ1n) is 9.27. The van der Waals surface area contributed by atoms with Gasteiger partial charge in [0, 0.05) is 30.1 Å². The highest BCUT2D eigenvalue weighted by atomic mass is 16.5. The quantitative estimate of drug-likeness (QED) is 0.747. The Hall–Kier alpha value is -2.95. The van der Waals surface area contributed by atoms with E-state index in [2.05, 4.69) is 41.1 Å². The van der Waals surface area contributed by atoms with Crippen molar-refractivity contribution in [3.8, 4) is 22.6 Å². The molecular formula is C22H26N2O3. The van der Waals surface area contributed by atoms with Crippen LogP contribution in [0.5, 0.6) is 11.5 Å². The number of hydrogen-bond acceptors (Lipinski definition) is 3. The minimum absolute atomic E-state index is 0.0454. The third-order valence-corrected chi connectivity index (χ3v) is 4.75. The van der Waals surface area contributed by atoms with E-state index in [0.717, 1.165) is 28.6 Å². The molecule has 1 amide bonds. The Bertz CT molecular complexity index is 972. The molecule has 0 radical (unpaired) electrons. The minimum Gasteiger partial charge on any atom is -0.493 e. The number of carbonyl (C=O) groups is 1. The predicted octanol–water partition coefficient (Wildman–Crippen LogP) is 4.40. The Morgan fingerprint density at radius 2 is 1.63 bits per heavy atom. The van der Waals surface area contributed by atoms with Crippen molar-refractivity contribution >= 4 is 16.8 Å². The maximum Gasteiger partial charge on any atom is 0.268 e. The number of carbonyl (C=O) groups excluding carboxylic acids is 1. The Morgan fingerprint density at radius 3 is 2.26 bits per heavy atom. The maximum atomic E-state index is 12.6. The molecule has 0 saturated heterocycles. The van der Waals surface area contributed by atoms with E-state index < -0.39 is 0 Å². The molecule has 3 aromatic rings. The van der Waals surface area contributed by atoms with E-state index in [1.807, 2.05) is 26.0 Å². The molecule has 1 N–H and O–H groups in total. The lowest BCUT2D eigenvalue weighted by atomic mass is 10.00. The summed E-state index contributed by atoms with van der Waals surface area (Å²) in [6.07, 6.45) is 0. The van der Waals surface area contributed by atoms with Crippen LogP contribution < -0.4 is 14.8 Å². The molecule has 0 saturated carbocycles. The smallest absolute Gasteiger partial charge is 0.268 e. The van der Waals surface area contributed by atoms with Crippen LogP contribution in [0.15, 0.2) is 36.4 Å². The van der Waals surface area contributed by atoms with Gasteiger partial charge in [-0.2, -0.15) is 0 Å². The number of aryl methyl sites for hydroxylation is 1. The van der Waals surface area contributed by atoms with Gasteiger partial charge in [0.1, 0.15) is 5.69 Å². The topological polar surface area (TPSA) is 52.5 Å². The van der Waals surface area contributed by atoms with Crippen LogP contribution in [0.1, 0.15) is 29.9 Å². The molecule has 0 fully saturated rings. The summed E-state index contributed by atoms with van der Waals surface area (Å²) in [5.41, 5.74) is 4.82. The van der Waals surface area contributed by atoms with Gasteiger partial charge in [0.25, 0.3) is 5.91 Å². The standard InChI is InChI=1S/C20H20N2O3.C2H6/c1-12-4-6-13(7-5-12)18-14-10-16(24-2)17(25-3)11-15(14)22-9-8-21-20(23)19(18)22;1-2/h4-7,10-11H,8-9H2,1-3H3,(H,21,23);1-2H3. The van der Waals surface area contributed by atoms with E-state index in [4.69, 9.17) is 9.47 Å². The molecule has 5 heteroatoms. The number of ether oxygens (including phenoxy) is 2. The van der Waals surface area contributed by atoms with E-state index in [1.165, 1.54) is 5.56 Å². The summed E-state index contributed by atoms with van der Waals surface area (Å²) in [6.45, 7) is 7.41. The Morgan fingerprint density at radius 1 is 1.00 bits per heavy atom. The zero-order valence-corrected chi connectivity index (χ0v) is 16.6. The van der Waals surface area contributed by atoms with E-state index in [0.29, 0.717) is 23.7 Å². The van der Waals surface area contributed by atoms with Gasteiger partial charge in [-0.3, -0.25) is 4.79 Å². The fourth-order valence-electron chi connectivity index (χ4n) is 3.52. The molecule has 0 atom stereocenters. The fraction of sp³-hybridized carbons (Fsp3) is 0.318. The van der Waals surface area contributed by atoms with Crippen LogP contribution in [0.4, 0.5) is 0 Å². The fourth-order valence-corrected chi connectivity index (χ4v) is 3.52. The van der Waals surface area contributed by atoms with Crippen LogP contribution in [0.2, 0.25) is 0 Å².